The van der Waals surface area contributed by atoms with E-state index in [1.807, 2.05) is 36.4 Å². The van der Waals surface area contributed by atoms with Crippen LogP contribution in [0.2, 0.25) is 0 Å². The Morgan fingerprint density at radius 3 is 3.00 bits per heavy atom. The van der Waals surface area contributed by atoms with Crippen LogP contribution in [0.5, 0.6) is 5.75 Å². The Labute approximate surface area is 133 Å². The molecule has 0 fully saturated rings. The summed E-state index contributed by atoms with van der Waals surface area (Å²) in [6.07, 6.45) is -0.274. The average molecular weight is 364 g/mol. The molecule has 4 rings (SSSR count). The molecular formula is C14H10BrN3O2S. The maximum Gasteiger partial charge on any atom is 0.269 e. The Morgan fingerprint density at radius 1 is 1.24 bits per heavy atom. The number of aromatic nitrogens is 2. The lowest BCUT2D eigenvalue weighted by Gasteiger charge is -2.24. The van der Waals surface area contributed by atoms with Crippen molar-refractivity contribution in [2.75, 3.05) is 11.9 Å². The monoisotopic (exact) mass is 363 g/mol. The molecule has 0 spiro atoms. The minimum atomic E-state index is -0.274. The minimum Gasteiger partial charge on any atom is -0.477 e. The quantitative estimate of drug-likeness (QED) is 0.742. The number of nitrogens with zero attached hydrogens (tertiary/aromatic N) is 2. The Bertz CT molecular complexity index is 786. The standard InChI is InChI=1S/C14H10BrN3O2S/c15-12-6-5-11(21-12)13-17-14(20-18-13)10-7-16-8-3-1-2-4-9(8)19-10/h1-6,10,16H,7H2. The zero-order valence-electron chi connectivity index (χ0n) is 10.7. The first-order valence-corrected chi connectivity index (χ1v) is 7.99. The lowest BCUT2D eigenvalue weighted by atomic mass is 10.2. The lowest BCUT2D eigenvalue weighted by molar-refractivity contribution is 0.163. The van der Waals surface area contributed by atoms with E-state index in [0.29, 0.717) is 18.3 Å². The lowest BCUT2D eigenvalue weighted by Crippen LogP contribution is -2.23. The van der Waals surface area contributed by atoms with Crippen LogP contribution in [0.3, 0.4) is 0 Å². The van der Waals surface area contributed by atoms with Crippen LogP contribution in [0.15, 0.2) is 44.7 Å². The SMILES string of the molecule is Brc1ccc(-c2noc(C3CNc4ccccc4O3)n2)s1. The van der Waals surface area contributed by atoms with Crippen molar-refractivity contribution in [2.45, 2.75) is 6.10 Å². The van der Waals surface area contributed by atoms with Gasteiger partial charge in [-0.15, -0.1) is 11.3 Å². The van der Waals surface area contributed by atoms with Gasteiger partial charge in [-0.05, 0) is 40.2 Å². The number of benzene rings is 1. The fourth-order valence-electron chi connectivity index (χ4n) is 2.15. The molecule has 3 heterocycles. The number of para-hydroxylation sites is 2. The molecule has 1 N–H and O–H groups in total. The van der Waals surface area contributed by atoms with Crippen LogP contribution in [0.4, 0.5) is 5.69 Å². The second-order valence-corrected chi connectivity index (χ2v) is 7.01. The van der Waals surface area contributed by atoms with Gasteiger partial charge in [-0.3, -0.25) is 0 Å². The van der Waals surface area contributed by atoms with Crippen LogP contribution in [0, 0.1) is 0 Å². The Hall–Kier alpha value is -1.86. The molecule has 0 radical (unpaired) electrons. The maximum atomic E-state index is 5.91. The minimum absolute atomic E-state index is 0.274. The van der Waals surface area contributed by atoms with Crippen molar-refractivity contribution in [3.63, 3.8) is 0 Å². The molecule has 2 aromatic heterocycles. The summed E-state index contributed by atoms with van der Waals surface area (Å²) in [7, 11) is 0. The highest BCUT2D eigenvalue weighted by Crippen LogP contribution is 2.34. The molecule has 5 nitrogen and oxygen atoms in total. The van der Waals surface area contributed by atoms with Gasteiger partial charge in [0.1, 0.15) is 5.75 Å². The van der Waals surface area contributed by atoms with Gasteiger partial charge in [0.05, 0.1) is 20.9 Å². The third-order valence-corrected chi connectivity index (χ3v) is 4.76. The van der Waals surface area contributed by atoms with E-state index in [-0.39, 0.29) is 6.10 Å². The number of hydrogen-bond donors (Lipinski definition) is 1. The van der Waals surface area contributed by atoms with Crippen LogP contribution >= 0.6 is 27.3 Å². The molecule has 0 saturated carbocycles. The number of rotatable bonds is 2. The summed E-state index contributed by atoms with van der Waals surface area (Å²) in [6, 6.07) is 11.7. The van der Waals surface area contributed by atoms with Crippen LogP contribution in [-0.4, -0.2) is 16.7 Å². The first kappa shape index (κ1) is 12.8. The van der Waals surface area contributed by atoms with Gasteiger partial charge in [0.15, 0.2) is 6.10 Å². The molecule has 1 atom stereocenters. The van der Waals surface area contributed by atoms with E-state index in [1.165, 1.54) is 0 Å². The van der Waals surface area contributed by atoms with Gasteiger partial charge < -0.3 is 14.6 Å². The predicted molar refractivity (Wildman–Crippen MR) is 83.6 cm³/mol. The first-order valence-electron chi connectivity index (χ1n) is 6.38. The summed E-state index contributed by atoms with van der Waals surface area (Å²) >= 11 is 4.99. The normalized spacial score (nSPS) is 16.9. The molecule has 106 valence electrons. The number of halogens is 1. The number of anilines is 1. The van der Waals surface area contributed by atoms with E-state index in [0.717, 1.165) is 20.1 Å². The van der Waals surface area contributed by atoms with E-state index in [2.05, 4.69) is 31.4 Å². The fourth-order valence-corrected chi connectivity index (χ4v) is 3.46. The van der Waals surface area contributed by atoms with E-state index in [9.17, 15) is 0 Å². The number of nitrogens with one attached hydrogen (secondary N) is 1. The van der Waals surface area contributed by atoms with Gasteiger partial charge in [-0.2, -0.15) is 4.98 Å². The zero-order chi connectivity index (χ0) is 14.2. The van der Waals surface area contributed by atoms with E-state index >= 15 is 0 Å². The molecule has 1 aromatic carbocycles. The molecule has 0 aliphatic carbocycles. The van der Waals surface area contributed by atoms with Gasteiger partial charge in [-0.25, -0.2) is 0 Å². The van der Waals surface area contributed by atoms with Gasteiger partial charge in [0, 0.05) is 0 Å². The largest absolute Gasteiger partial charge is 0.477 e. The number of thiophene rings is 1. The van der Waals surface area contributed by atoms with Crippen LogP contribution in [0.25, 0.3) is 10.7 Å². The van der Waals surface area contributed by atoms with Crippen molar-refractivity contribution in [1.29, 1.82) is 0 Å². The van der Waals surface area contributed by atoms with Gasteiger partial charge in [0.2, 0.25) is 5.82 Å². The highest BCUT2D eigenvalue weighted by atomic mass is 79.9. The second kappa shape index (κ2) is 5.16. The molecule has 1 aliphatic rings. The molecule has 1 aliphatic heterocycles. The molecule has 1 unspecified atom stereocenters. The first-order chi connectivity index (χ1) is 10.3. The Morgan fingerprint density at radius 2 is 2.14 bits per heavy atom. The van der Waals surface area contributed by atoms with Gasteiger partial charge >= 0.3 is 0 Å². The smallest absolute Gasteiger partial charge is 0.269 e. The average Bonchev–Trinajstić information content (AvgIpc) is 3.15. The molecular weight excluding hydrogens is 354 g/mol. The van der Waals surface area contributed by atoms with Crippen molar-refractivity contribution in [3.05, 3.63) is 46.1 Å². The van der Waals surface area contributed by atoms with Crippen molar-refractivity contribution in [3.8, 4) is 16.5 Å². The molecule has 21 heavy (non-hydrogen) atoms. The topological polar surface area (TPSA) is 60.2 Å². The summed E-state index contributed by atoms with van der Waals surface area (Å²) in [6.45, 7) is 0.604. The summed E-state index contributed by atoms with van der Waals surface area (Å²) in [4.78, 5) is 5.40. The Balaban J connectivity index is 1.60. The number of hydrogen-bond acceptors (Lipinski definition) is 6. The maximum absolute atomic E-state index is 5.91. The molecule has 0 amide bonds. The number of ether oxygens (including phenoxy) is 1. The van der Waals surface area contributed by atoms with Crippen molar-refractivity contribution in [1.82, 2.24) is 10.1 Å². The van der Waals surface area contributed by atoms with Crippen molar-refractivity contribution in [2.24, 2.45) is 0 Å². The molecule has 3 aromatic rings. The highest BCUT2D eigenvalue weighted by molar-refractivity contribution is 9.11. The van der Waals surface area contributed by atoms with Crippen molar-refractivity contribution < 1.29 is 9.26 Å². The molecule has 7 heteroatoms. The third-order valence-electron chi connectivity index (χ3n) is 3.14. The fraction of sp³-hybridized carbons (Fsp3) is 0.143. The summed E-state index contributed by atoms with van der Waals surface area (Å²) in [5, 5.41) is 7.33. The molecule has 0 bridgehead atoms. The predicted octanol–water partition coefficient (Wildman–Crippen LogP) is 4.11. The van der Waals surface area contributed by atoms with Crippen molar-refractivity contribution >= 4 is 33.0 Å². The summed E-state index contributed by atoms with van der Waals surface area (Å²) < 4.78 is 12.3. The number of fused-ring (bicyclic) bond motifs is 1. The van der Waals surface area contributed by atoms with Crippen LogP contribution in [-0.2, 0) is 0 Å². The molecule has 0 saturated heterocycles. The second-order valence-electron chi connectivity index (χ2n) is 4.54. The summed E-state index contributed by atoms with van der Waals surface area (Å²) in [5.74, 6) is 1.87. The van der Waals surface area contributed by atoms with Crippen LogP contribution < -0.4 is 10.1 Å². The zero-order valence-corrected chi connectivity index (χ0v) is 13.1. The van der Waals surface area contributed by atoms with Gasteiger partial charge in [-0.1, -0.05) is 17.3 Å². The highest BCUT2D eigenvalue weighted by Gasteiger charge is 2.26. The van der Waals surface area contributed by atoms with E-state index in [4.69, 9.17) is 9.26 Å². The van der Waals surface area contributed by atoms with E-state index < -0.39 is 0 Å². The summed E-state index contributed by atoms with van der Waals surface area (Å²) in [5.41, 5.74) is 0.982. The third kappa shape index (κ3) is 2.43. The van der Waals surface area contributed by atoms with Gasteiger partial charge in [0.25, 0.3) is 5.89 Å². The van der Waals surface area contributed by atoms with Crippen LogP contribution in [0.1, 0.15) is 12.0 Å². The Kier molecular flexibility index (Phi) is 3.16. The van der Waals surface area contributed by atoms with E-state index in [1.54, 1.807) is 11.3 Å².